The van der Waals surface area contributed by atoms with Crippen LogP contribution < -0.4 is 0 Å². The maximum Gasteiger partial charge on any atom is 0.338 e. The van der Waals surface area contributed by atoms with Crippen LogP contribution in [-0.2, 0) is 17.0 Å². The maximum atomic E-state index is 11.6. The Labute approximate surface area is 99.6 Å². The topological polar surface area (TPSA) is 50.1 Å². The predicted octanol–water partition coefficient (Wildman–Crippen LogP) is 2.67. The molecule has 4 heteroatoms. The van der Waals surface area contributed by atoms with Crippen LogP contribution in [0.1, 0.15) is 27.9 Å². The molecule has 0 saturated carbocycles. The number of rotatable bonds is 4. The summed E-state index contributed by atoms with van der Waals surface area (Å²) in [5.41, 5.74) is 2.05. The lowest BCUT2D eigenvalue weighted by atomic mass is 9.98. The van der Waals surface area contributed by atoms with Gasteiger partial charge in [0.25, 0.3) is 0 Å². The van der Waals surface area contributed by atoms with Crippen molar-refractivity contribution in [1.29, 1.82) is 5.26 Å². The average Bonchev–Trinajstić information content (AvgIpc) is 2.34. The fourth-order valence-corrected chi connectivity index (χ4v) is 1.75. The van der Waals surface area contributed by atoms with Crippen LogP contribution in [0.15, 0.2) is 18.2 Å². The van der Waals surface area contributed by atoms with Crippen LogP contribution in [0.5, 0.6) is 0 Å². The van der Waals surface area contributed by atoms with Gasteiger partial charge in [0, 0.05) is 12.3 Å². The van der Waals surface area contributed by atoms with Gasteiger partial charge in [-0.2, -0.15) is 5.26 Å². The standard InChI is InChI=1S/C12H12ClNO2/c1-16-12(15)11-9(6-3-7-14)4-2-5-10(11)8-13/h2,4-5H,3,6,8H2,1H3. The maximum absolute atomic E-state index is 11.6. The number of esters is 1. The Morgan fingerprint density at radius 3 is 2.75 bits per heavy atom. The van der Waals surface area contributed by atoms with E-state index in [9.17, 15) is 4.79 Å². The second-order valence-corrected chi connectivity index (χ2v) is 3.50. The summed E-state index contributed by atoms with van der Waals surface area (Å²) in [4.78, 5) is 11.6. The largest absolute Gasteiger partial charge is 0.465 e. The van der Waals surface area contributed by atoms with Crippen molar-refractivity contribution in [2.75, 3.05) is 7.11 Å². The van der Waals surface area contributed by atoms with Gasteiger partial charge in [0.2, 0.25) is 0 Å². The number of methoxy groups -OCH3 is 1. The van der Waals surface area contributed by atoms with Gasteiger partial charge in [0.05, 0.1) is 18.7 Å². The summed E-state index contributed by atoms with van der Waals surface area (Å²) < 4.78 is 4.72. The molecule has 0 aliphatic carbocycles. The number of carbonyl (C=O) groups is 1. The number of ether oxygens (including phenoxy) is 1. The first-order valence-corrected chi connectivity index (χ1v) is 5.40. The fraction of sp³-hybridized carbons (Fsp3) is 0.333. The molecule has 0 aliphatic rings. The van der Waals surface area contributed by atoms with Crippen LogP contribution in [0.25, 0.3) is 0 Å². The number of benzene rings is 1. The molecule has 84 valence electrons. The van der Waals surface area contributed by atoms with Crippen LogP contribution >= 0.6 is 11.6 Å². The van der Waals surface area contributed by atoms with Crippen LogP contribution in [0.4, 0.5) is 0 Å². The first kappa shape index (κ1) is 12.5. The number of alkyl halides is 1. The number of nitrogens with zero attached hydrogens (tertiary/aromatic N) is 1. The van der Waals surface area contributed by atoms with E-state index in [1.807, 2.05) is 12.1 Å². The molecule has 3 nitrogen and oxygen atoms in total. The highest BCUT2D eigenvalue weighted by Crippen LogP contribution is 2.19. The molecular weight excluding hydrogens is 226 g/mol. The summed E-state index contributed by atoms with van der Waals surface area (Å²) in [5.74, 6) is -0.144. The van der Waals surface area contributed by atoms with Crippen LogP contribution in [-0.4, -0.2) is 13.1 Å². The minimum absolute atomic E-state index is 0.255. The second-order valence-electron chi connectivity index (χ2n) is 3.23. The molecule has 0 amide bonds. The van der Waals surface area contributed by atoms with E-state index in [-0.39, 0.29) is 5.88 Å². The van der Waals surface area contributed by atoms with Crippen LogP contribution in [0.3, 0.4) is 0 Å². The van der Waals surface area contributed by atoms with Crippen molar-refractivity contribution in [3.63, 3.8) is 0 Å². The minimum atomic E-state index is -0.399. The highest BCUT2D eigenvalue weighted by atomic mass is 35.5. The summed E-state index contributed by atoms with van der Waals surface area (Å²) in [7, 11) is 1.33. The van der Waals surface area contributed by atoms with Crippen molar-refractivity contribution >= 4 is 17.6 Å². The Morgan fingerprint density at radius 1 is 1.50 bits per heavy atom. The summed E-state index contributed by atoms with van der Waals surface area (Å²) in [5, 5.41) is 8.55. The number of hydrogen-bond acceptors (Lipinski definition) is 3. The second kappa shape index (κ2) is 6.14. The van der Waals surface area contributed by atoms with Gasteiger partial charge in [-0.3, -0.25) is 0 Å². The summed E-state index contributed by atoms with van der Waals surface area (Å²) in [6, 6.07) is 7.49. The number of carbonyl (C=O) groups excluding carboxylic acids is 1. The van der Waals surface area contributed by atoms with E-state index in [1.165, 1.54) is 7.11 Å². The molecule has 0 fully saturated rings. The molecule has 0 saturated heterocycles. The third kappa shape index (κ3) is 2.74. The smallest absolute Gasteiger partial charge is 0.338 e. The first-order chi connectivity index (χ1) is 7.74. The van der Waals surface area contributed by atoms with E-state index in [0.717, 1.165) is 11.1 Å². The average molecular weight is 238 g/mol. The fourth-order valence-electron chi connectivity index (χ4n) is 1.53. The monoisotopic (exact) mass is 237 g/mol. The van der Waals surface area contributed by atoms with Gasteiger partial charge in [-0.1, -0.05) is 18.2 Å². The highest BCUT2D eigenvalue weighted by Gasteiger charge is 2.15. The zero-order chi connectivity index (χ0) is 12.0. The number of hydrogen-bond donors (Lipinski definition) is 0. The van der Waals surface area contributed by atoms with Gasteiger partial charge in [-0.25, -0.2) is 4.79 Å². The lowest BCUT2D eigenvalue weighted by Crippen LogP contribution is -2.09. The Balaban J connectivity index is 3.16. The van der Waals surface area contributed by atoms with Crippen molar-refractivity contribution in [2.24, 2.45) is 0 Å². The number of halogens is 1. The Hall–Kier alpha value is -1.53. The molecular formula is C12H12ClNO2. The van der Waals surface area contributed by atoms with Gasteiger partial charge in [0.1, 0.15) is 0 Å². The van der Waals surface area contributed by atoms with Crippen LogP contribution in [0, 0.1) is 11.3 Å². The minimum Gasteiger partial charge on any atom is -0.465 e. The molecule has 0 N–H and O–H groups in total. The van der Waals surface area contributed by atoms with Gasteiger partial charge in [-0.05, 0) is 17.5 Å². The molecule has 1 aromatic carbocycles. The van der Waals surface area contributed by atoms with Crippen molar-refractivity contribution < 1.29 is 9.53 Å². The Bertz CT molecular complexity index is 424. The summed E-state index contributed by atoms with van der Waals surface area (Å²) in [6.07, 6.45) is 0.904. The van der Waals surface area contributed by atoms with E-state index in [0.29, 0.717) is 18.4 Å². The van der Waals surface area contributed by atoms with Gasteiger partial charge >= 0.3 is 5.97 Å². The zero-order valence-electron chi connectivity index (χ0n) is 9.00. The molecule has 0 spiro atoms. The normalized spacial score (nSPS) is 9.56. The van der Waals surface area contributed by atoms with Gasteiger partial charge in [-0.15, -0.1) is 11.6 Å². The third-order valence-corrected chi connectivity index (χ3v) is 2.56. The molecule has 0 aromatic heterocycles. The summed E-state index contributed by atoms with van der Waals surface area (Å²) >= 11 is 5.77. The molecule has 0 aliphatic heterocycles. The van der Waals surface area contributed by atoms with Crippen molar-refractivity contribution in [2.45, 2.75) is 18.7 Å². The molecule has 0 bridgehead atoms. The molecule has 1 rings (SSSR count). The summed E-state index contributed by atoms with van der Waals surface area (Å²) in [6.45, 7) is 0. The van der Waals surface area contributed by atoms with Crippen LogP contribution in [0.2, 0.25) is 0 Å². The molecule has 0 atom stereocenters. The van der Waals surface area contributed by atoms with Gasteiger partial charge in [0.15, 0.2) is 0 Å². The molecule has 0 heterocycles. The van der Waals surface area contributed by atoms with Crippen molar-refractivity contribution in [3.05, 3.63) is 34.9 Å². The quantitative estimate of drug-likeness (QED) is 0.598. The lowest BCUT2D eigenvalue weighted by molar-refractivity contribution is 0.0598. The van der Waals surface area contributed by atoms with E-state index in [4.69, 9.17) is 21.6 Å². The van der Waals surface area contributed by atoms with Crippen molar-refractivity contribution in [1.82, 2.24) is 0 Å². The van der Waals surface area contributed by atoms with Crippen molar-refractivity contribution in [3.8, 4) is 6.07 Å². The highest BCUT2D eigenvalue weighted by molar-refractivity contribution is 6.17. The molecule has 0 radical (unpaired) electrons. The lowest BCUT2D eigenvalue weighted by Gasteiger charge is -2.10. The van der Waals surface area contributed by atoms with E-state index in [2.05, 4.69) is 6.07 Å². The Morgan fingerprint density at radius 2 is 2.19 bits per heavy atom. The Kier molecular flexibility index (Phi) is 4.81. The zero-order valence-corrected chi connectivity index (χ0v) is 9.75. The van der Waals surface area contributed by atoms with E-state index in [1.54, 1.807) is 6.07 Å². The number of aryl methyl sites for hydroxylation is 1. The van der Waals surface area contributed by atoms with E-state index >= 15 is 0 Å². The van der Waals surface area contributed by atoms with Gasteiger partial charge < -0.3 is 4.74 Å². The first-order valence-electron chi connectivity index (χ1n) is 4.86. The van der Waals surface area contributed by atoms with E-state index < -0.39 is 5.97 Å². The molecule has 1 aromatic rings. The predicted molar refractivity (Wildman–Crippen MR) is 61.3 cm³/mol. The number of nitriles is 1. The molecule has 0 unspecified atom stereocenters. The SMILES string of the molecule is COC(=O)c1c(CCl)cccc1CCC#N. The third-order valence-electron chi connectivity index (χ3n) is 2.28. The molecule has 16 heavy (non-hydrogen) atoms.